The van der Waals surface area contributed by atoms with Gasteiger partial charge in [-0.2, -0.15) is 10.4 Å². The van der Waals surface area contributed by atoms with E-state index in [9.17, 15) is 4.79 Å². The Morgan fingerprint density at radius 2 is 1.97 bits per heavy atom. The number of carbonyl (C=O) groups excluding carboxylic acids is 1. The summed E-state index contributed by atoms with van der Waals surface area (Å²) in [7, 11) is 7.63. The van der Waals surface area contributed by atoms with E-state index in [0.29, 0.717) is 25.6 Å². The minimum Gasteiger partial charge on any atom is -0.384 e. The highest BCUT2D eigenvalue weighted by Gasteiger charge is 2.39. The summed E-state index contributed by atoms with van der Waals surface area (Å²) < 4.78 is 13.2. The molecular formula is C24H40N6O3. The summed E-state index contributed by atoms with van der Waals surface area (Å²) in [6, 6.07) is 2.00. The molecule has 1 fully saturated rings. The summed E-state index contributed by atoms with van der Waals surface area (Å²) in [5.74, 6) is 0.320. The van der Waals surface area contributed by atoms with Crippen LogP contribution >= 0.6 is 0 Å². The molecule has 33 heavy (non-hydrogen) atoms. The maximum Gasteiger partial charge on any atom is 0.237 e. The van der Waals surface area contributed by atoms with Crippen molar-refractivity contribution in [3.63, 3.8) is 0 Å². The molecule has 2 heterocycles. The fourth-order valence-corrected chi connectivity index (χ4v) is 5.47. The molecule has 1 aliphatic heterocycles. The number of ether oxygens (including phenoxy) is 2. The van der Waals surface area contributed by atoms with Gasteiger partial charge in [0.1, 0.15) is 6.42 Å². The fourth-order valence-electron chi connectivity index (χ4n) is 5.47. The van der Waals surface area contributed by atoms with Crippen LogP contribution in [0.15, 0.2) is 0 Å². The Kier molecular flexibility index (Phi) is 9.27. The number of methoxy groups -OCH3 is 2. The monoisotopic (exact) mass is 460 g/mol. The number of nitriles is 1. The van der Waals surface area contributed by atoms with Crippen LogP contribution in [0.4, 0.5) is 0 Å². The molecular weight excluding hydrogens is 420 g/mol. The molecule has 0 unspecified atom stereocenters. The molecule has 1 aromatic rings. The van der Waals surface area contributed by atoms with Gasteiger partial charge in [0.05, 0.1) is 43.8 Å². The number of aromatic nitrogens is 2. The van der Waals surface area contributed by atoms with E-state index in [2.05, 4.69) is 21.9 Å². The normalized spacial score (nSPS) is 18.4. The van der Waals surface area contributed by atoms with Crippen molar-refractivity contribution >= 4 is 5.91 Å². The Morgan fingerprint density at radius 1 is 1.27 bits per heavy atom. The minimum atomic E-state index is -0.0913. The summed E-state index contributed by atoms with van der Waals surface area (Å²) >= 11 is 0. The number of nitrogens with zero attached hydrogens (tertiary/aromatic N) is 5. The summed E-state index contributed by atoms with van der Waals surface area (Å²) in [6.07, 6.45) is 4.16. The SMILES string of the molecule is CNCCN(C)Cc1nn2c(c1C1CCC(COC)(COC)CC1)CN(C(=O)CC#N)CC2. The highest BCUT2D eigenvalue weighted by atomic mass is 16.5. The van der Waals surface area contributed by atoms with Crippen molar-refractivity contribution in [1.29, 1.82) is 5.26 Å². The zero-order chi connectivity index (χ0) is 23.8. The Balaban J connectivity index is 1.86. The number of likely N-dealkylation sites (N-methyl/N-ethyl adjacent to an activating group) is 2. The molecule has 1 saturated carbocycles. The second kappa shape index (κ2) is 11.9. The van der Waals surface area contributed by atoms with Crippen LogP contribution in [-0.4, -0.2) is 86.7 Å². The van der Waals surface area contributed by atoms with Gasteiger partial charge in [0.25, 0.3) is 0 Å². The van der Waals surface area contributed by atoms with E-state index >= 15 is 0 Å². The van der Waals surface area contributed by atoms with Crippen LogP contribution in [0, 0.1) is 16.7 Å². The molecule has 0 spiro atoms. The summed E-state index contributed by atoms with van der Waals surface area (Å²) in [5.41, 5.74) is 3.69. The molecule has 1 aliphatic carbocycles. The molecule has 0 radical (unpaired) electrons. The van der Waals surface area contributed by atoms with Crippen molar-refractivity contribution in [3.8, 4) is 6.07 Å². The number of hydrogen-bond donors (Lipinski definition) is 1. The molecule has 9 heteroatoms. The Labute approximate surface area is 198 Å². The van der Waals surface area contributed by atoms with Crippen molar-refractivity contribution < 1.29 is 14.3 Å². The molecule has 0 atom stereocenters. The topological polar surface area (TPSA) is 95.7 Å². The molecule has 1 N–H and O–H groups in total. The number of amides is 1. The molecule has 0 saturated heterocycles. The summed E-state index contributed by atoms with van der Waals surface area (Å²) in [4.78, 5) is 16.6. The highest BCUT2D eigenvalue weighted by Crippen LogP contribution is 2.45. The lowest BCUT2D eigenvalue weighted by Gasteiger charge is -2.40. The molecule has 184 valence electrons. The first-order chi connectivity index (χ1) is 16.0. The number of nitrogens with one attached hydrogen (secondary N) is 1. The van der Waals surface area contributed by atoms with Crippen LogP contribution in [0.1, 0.15) is 55.0 Å². The van der Waals surface area contributed by atoms with Gasteiger partial charge in [0, 0.05) is 51.4 Å². The van der Waals surface area contributed by atoms with Crippen molar-refractivity contribution in [2.24, 2.45) is 5.41 Å². The van der Waals surface area contributed by atoms with Gasteiger partial charge in [0.2, 0.25) is 5.91 Å². The first-order valence-corrected chi connectivity index (χ1v) is 12.0. The van der Waals surface area contributed by atoms with Crippen molar-refractivity contribution in [3.05, 3.63) is 17.0 Å². The molecule has 0 bridgehead atoms. The van der Waals surface area contributed by atoms with E-state index in [4.69, 9.17) is 19.8 Å². The van der Waals surface area contributed by atoms with Gasteiger partial charge in [0.15, 0.2) is 0 Å². The molecule has 3 rings (SSSR count). The van der Waals surface area contributed by atoms with Crippen LogP contribution in [-0.2, 0) is 33.9 Å². The smallest absolute Gasteiger partial charge is 0.237 e. The first-order valence-electron chi connectivity index (χ1n) is 12.0. The maximum absolute atomic E-state index is 12.5. The third-order valence-electron chi connectivity index (χ3n) is 7.20. The van der Waals surface area contributed by atoms with Crippen LogP contribution in [0.25, 0.3) is 0 Å². The fraction of sp³-hybridized carbons (Fsp3) is 0.792. The lowest BCUT2D eigenvalue weighted by molar-refractivity contribution is -0.131. The number of hydrogen-bond acceptors (Lipinski definition) is 7. The standard InChI is InChI=1S/C24H40N6O3/c1-26-11-12-28(2)15-20-23(19-5-8-24(9-6-19,17-32-3)18-33-4)21-16-29(22(31)7-10-25)13-14-30(21)27-20/h19,26H,5-9,11-18H2,1-4H3. The van der Waals surface area contributed by atoms with Crippen molar-refractivity contribution in [1.82, 2.24) is 24.9 Å². The Hall–Kier alpha value is -1.99. The van der Waals surface area contributed by atoms with E-state index in [-0.39, 0.29) is 17.7 Å². The zero-order valence-corrected chi connectivity index (χ0v) is 20.7. The predicted molar refractivity (Wildman–Crippen MR) is 126 cm³/mol. The van der Waals surface area contributed by atoms with Crippen LogP contribution in [0.5, 0.6) is 0 Å². The zero-order valence-electron chi connectivity index (χ0n) is 20.7. The van der Waals surface area contributed by atoms with Gasteiger partial charge < -0.3 is 19.7 Å². The maximum atomic E-state index is 12.5. The van der Waals surface area contributed by atoms with E-state index in [1.54, 1.807) is 14.2 Å². The Morgan fingerprint density at radius 3 is 2.58 bits per heavy atom. The highest BCUT2D eigenvalue weighted by molar-refractivity contribution is 5.78. The summed E-state index contributed by atoms with van der Waals surface area (Å²) in [5, 5.41) is 17.2. The second-order valence-corrected chi connectivity index (χ2v) is 9.66. The lowest BCUT2D eigenvalue weighted by atomic mass is 9.69. The average molecular weight is 461 g/mol. The van der Waals surface area contributed by atoms with Gasteiger partial charge in [-0.25, -0.2) is 0 Å². The third-order valence-corrected chi connectivity index (χ3v) is 7.20. The minimum absolute atomic E-state index is 0.0664. The molecule has 1 aromatic heterocycles. The number of fused-ring (bicyclic) bond motifs is 1. The van der Waals surface area contributed by atoms with Crippen molar-refractivity contribution in [2.75, 3.05) is 61.2 Å². The van der Waals surface area contributed by atoms with E-state index in [0.717, 1.165) is 69.9 Å². The Bertz CT molecular complexity index is 817. The van der Waals surface area contributed by atoms with E-state index < -0.39 is 0 Å². The van der Waals surface area contributed by atoms with Crippen LogP contribution in [0.2, 0.25) is 0 Å². The van der Waals surface area contributed by atoms with Crippen LogP contribution in [0.3, 0.4) is 0 Å². The number of carbonyl (C=O) groups is 1. The van der Waals surface area contributed by atoms with E-state index in [1.807, 2.05) is 18.0 Å². The van der Waals surface area contributed by atoms with Gasteiger partial charge in [-0.05, 0) is 45.7 Å². The molecule has 9 nitrogen and oxygen atoms in total. The third kappa shape index (κ3) is 6.12. The van der Waals surface area contributed by atoms with Gasteiger partial charge in [-0.15, -0.1) is 0 Å². The first kappa shape index (κ1) is 25.6. The van der Waals surface area contributed by atoms with Crippen molar-refractivity contribution in [2.45, 2.75) is 57.7 Å². The summed E-state index contributed by atoms with van der Waals surface area (Å²) in [6.45, 7) is 5.94. The number of rotatable bonds is 11. The lowest BCUT2D eigenvalue weighted by Crippen LogP contribution is -2.39. The largest absolute Gasteiger partial charge is 0.384 e. The quantitative estimate of drug-likeness (QED) is 0.537. The van der Waals surface area contributed by atoms with Gasteiger partial charge >= 0.3 is 0 Å². The van der Waals surface area contributed by atoms with Gasteiger partial charge in [-0.3, -0.25) is 14.4 Å². The van der Waals surface area contributed by atoms with Gasteiger partial charge in [-0.1, -0.05) is 0 Å². The molecule has 1 amide bonds. The molecule has 2 aliphatic rings. The van der Waals surface area contributed by atoms with E-state index in [1.165, 1.54) is 5.56 Å². The average Bonchev–Trinajstić information content (AvgIpc) is 3.15. The van der Waals surface area contributed by atoms with Crippen LogP contribution < -0.4 is 5.32 Å². The second-order valence-electron chi connectivity index (χ2n) is 9.66. The molecule has 0 aromatic carbocycles. The predicted octanol–water partition coefficient (Wildman–Crippen LogP) is 1.73.